The number of amides is 1. The summed E-state index contributed by atoms with van der Waals surface area (Å²) in [5, 5.41) is 9.12. The van der Waals surface area contributed by atoms with Crippen molar-refractivity contribution in [2.45, 2.75) is 19.8 Å². The molecule has 0 bridgehead atoms. The van der Waals surface area contributed by atoms with Gasteiger partial charge in [0.05, 0.1) is 0 Å². The monoisotopic (exact) mass is 244 g/mol. The van der Waals surface area contributed by atoms with Gasteiger partial charge in [-0.15, -0.1) is 5.10 Å². The summed E-state index contributed by atoms with van der Waals surface area (Å²) >= 11 is 0. The molecule has 1 heterocycles. The van der Waals surface area contributed by atoms with Gasteiger partial charge in [-0.25, -0.2) is 4.98 Å². The minimum atomic E-state index is -0.904. The van der Waals surface area contributed by atoms with Crippen molar-refractivity contribution in [1.82, 2.24) is 20.5 Å². The molecule has 0 aliphatic rings. The zero-order chi connectivity index (χ0) is 12.1. The van der Waals surface area contributed by atoms with Gasteiger partial charge in [0, 0.05) is 35.3 Å². The smallest absolute Gasteiger partial charge is 0.290 e. The quantitative estimate of drug-likeness (QED) is 0.765. The van der Waals surface area contributed by atoms with Crippen LogP contribution in [0.4, 0.5) is 0 Å². The van der Waals surface area contributed by atoms with Crippen LogP contribution in [0.5, 0.6) is 0 Å². The van der Waals surface area contributed by atoms with Crippen LogP contribution in [0, 0.1) is 0 Å². The van der Waals surface area contributed by atoms with Gasteiger partial charge in [0.15, 0.2) is 0 Å². The molecule has 1 rings (SSSR count). The SMILES string of the molecule is CC(C)c1nc(C(=O)NCCS(C)=O)n[nH]1. The number of aromatic amines is 1. The summed E-state index contributed by atoms with van der Waals surface area (Å²) < 4.78 is 10.8. The second-order valence-corrected chi connectivity index (χ2v) is 5.29. The van der Waals surface area contributed by atoms with Crippen molar-refractivity contribution in [2.75, 3.05) is 18.6 Å². The Morgan fingerprint density at radius 1 is 1.56 bits per heavy atom. The van der Waals surface area contributed by atoms with Crippen molar-refractivity contribution in [3.05, 3.63) is 11.6 Å². The van der Waals surface area contributed by atoms with Crippen LogP contribution in [-0.2, 0) is 10.8 Å². The van der Waals surface area contributed by atoms with Crippen molar-refractivity contribution in [2.24, 2.45) is 0 Å². The summed E-state index contributed by atoms with van der Waals surface area (Å²) in [6.07, 6.45) is 1.59. The first kappa shape index (κ1) is 12.8. The number of carbonyl (C=O) groups excluding carboxylic acids is 1. The molecule has 0 aliphatic carbocycles. The number of hydrogen-bond donors (Lipinski definition) is 2. The third-order valence-corrected chi connectivity index (χ3v) is 2.71. The van der Waals surface area contributed by atoms with E-state index in [4.69, 9.17) is 0 Å². The first-order valence-electron chi connectivity index (χ1n) is 5.01. The predicted molar refractivity (Wildman–Crippen MR) is 61.7 cm³/mol. The highest BCUT2D eigenvalue weighted by Gasteiger charge is 2.13. The summed E-state index contributed by atoms with van der Waals surface area (Å²) in [4.78, 5) is 15.6. The molecule has 0 saturated heterocycles. The fourth-order valence-electron chi connectivity index (χ4n) is 1.02. The van der Waals surface area contributed by atoms with Crippen LogP contribution in [0.1, 0.15) is 36.2 Å². The first-order valence-corrected chi connectivity index (χ1v) is 6.74. The van der Waals surface area contributed by atoms with Crippen molar-refractivity contribution in [3.8, 4) is 0 Å². The molecule has 0 spiro atoms. The zero-order valence-electron chi connectivity index (χ0n) is 9.61. The predicted octanol–water partition coefficient (Wildman–Crippen LogP) is 0.0364. The van der Waals surface area contributed by atoms with E-state index >= 15 is 0 Å². The van der Waals surface area contributed by atoms with Crippen LogP contribution < -0.4 is 5.32 Å². The molecule has 0 saturated carbocycles. The zero-order valence-corrected chi connectivity index (χ0v) is 10.4. The van der Waals surface area contributed by atoms with E-state index in [2.05, 4.69) is 20.5 Å². The Kier molecular flexibility index (Phi) is 4.60. The van der Waals surface area contributed by atoms with Gasteiger partial charge in [0.1, 0.15) is 5.82 Å². The number of nitrogens with one attached hydrogen (secondary N) is 2. The fourth-order valence-corrected chi connectivity index (χ4v) is 1.41. The summed E-state index contributed by atoms with van der Waals surface area (Å²) in [5.41, 5.74) is 0. The van der Waals surface area contributed by atoms with Crippen molar-refractivity contribution in [1.29, 1.82) is 0 Å². The van der Waals surface area contributed by atoms with Crippen LogP contribution in [0.3, 0.4) is 0 Å². The van der Waals surface area contributed by atoms with E-state index in [1.165, 1.54) is 0 Å². The number of aromatic nitrogens is 3. The van der Waals surface area contributed by atoms with Crippen LogP contribution in [-0.4, -0.2) is 43.9 Å². The van der Waals surface area contributed by atoms with Crippen LogP contribution >= 0.6 is 0 Å². The summed E-state index contributed by atoms with van der Waals surface area (Å²) in [5.74, 6) is 1.12. The molecule has 2 N–H and O–H groups in total. The molecule has 16 heavy (non-hydrogen) atoms. The van der Waals surface area contributed by atoms with Crippen molar-refractivity contribution >= 4 is 16.7 Å². The second kappa shape index (κ2) is 5.74. The Bertz CT molecular complexity index is 389. The highest BCUT2D eigenvalue weighted by atomic mass is 32.2. The van der Waals surface area contributed by atoms with Gasteiger partial charge >= 0.3 is 0 Å². The molecule has 1 aromatic rings. The molecular weight excluding hydrogens is 228 g/mol. The average molecular weight is 244 g/mol. The molecule has 0 radical (unpaired) electrons. The van der Waals surface area contributed by atoms with Gasteiger partial charge in [-0.1, -0.05) is 13.8 Å². The normalized spacial score (nSPS) is 12.8. The van der Waals surface area contributed by atoms with E-state index in [0.717, 1.165) is 0 Å². The molecular formula is C9H16N4O2S. The number of carbonyl (C=O) groups is 1. The van der Waals surface area contributed by atoms with E-state index in [1.807, 2.05) is 13.8 Å². The van der Waals surface area contributed by atoms with Crippen LogP contribution in [0.2, 0.25) is 0 Å². The minimum absolute atomic E-state index is 0.130. The maximum Gasteiger partial charge on any atom is 0.290 e. The van der Waals surface area contributed by atoms with E-state index in [-0.39, 0.29) is 17.6 Å². The van der Waals surface area contributed by atoms with Gasteiger partial charge in [0.25, 0.3) is 5.91 Å². The lowest BCUT2D eigenvalue weighted by atomic mass is 10.2. The molecule has 1 atom stereocenters. The van der Waals surface area contributed by atoms with E-state index < -0.39 is 10.8 Å². The second-order valence-electron chi connectivity index (χ2n) is 3.73. The van der Waals surface area contributed by atoms with Crippen LogP contribution in [0.25, 0.3) is 0 Å². The Morgan fingerprint density at radius 3 is 2.75 bits per heavy atom. The Labute approximate surface area is 96.7 Å². The average Bonchev–Trinajstić information content (AvgIpc) is 2.65. The lowest BCUT2D eigenvalue weighted by Crippen LogP contribution is -2.28. The summed E-state index contributed by atoms with van der Waals surface area (Å²) in [7, 11) is -0.904. The van der Waals surface area contributed by atoms with E-state index in [9.17, 15) is 9.00 Å². The van der Waals surface area contributed by atoms with Gasteiger partial charge in [-0.2, -0.15) is 0 Å². The number of nitrogens with zero attached hydrogens (tertiary/aromatic N) is 2. The number of H-pyrrole nitrogens is 1. The third kappa shape index (κ3) is 3.73. The molecule has 6 nitrogen and oxygen atoms in total. The number of hydrogen-bond acceptors (Lipinski definition) is 4. The highest BCUT2D eigenvalue weighted by molar-refractivity contribution is 7.84. The maximum absolute atomic E-state index is 11.5. The van der Waals surface area contributed by atoms with Crippen LogP contribution in [0.15, 0.2) is 0 Å². The molecule has 1 aromatic heterocycles. The lowest BCUT2D eigenvalue weighted by Gasteiger charge is -1.99. The topological polar surface area (TPSA) is 87.7 Å². The van der Waals surface area contributed by atoms with Crippen molar-refractivity contribution < 1.29 is 9.00 Å². The maximum atomic E-state index is 11.5. The largest absolute Gasteiger partial charge is 0.348 e. The molecule has 90 valence electrons. The van der Waals surface area contributed by atoms with Gasteiger partial charge in [-0.05, 0) is 0 Å². The third-order valence-electron chi connectivity index (χ3n) is 1.93. The van der Waals surface area contributed by atoms with Gasteiger partial charge in [-0.3, -0.25) is 14.1 Å². The Hall–Kier alpha value is -1.24. The fraction of sp³-hybridized carbons (Fsp3) is 0.667. The van der Waals surface area contributed by atoms with E-state index in [1.54, 1.807) is 6.26 Å². The molecule has 0 fully saturated rings. The van der Waals surface area contributed by atoms with Gasteiger partial charge < -0.3 is 5.32 Å². The molecule has 1 unspecified atom stereocenters. The Balaban J connectivity index is 2.49. The summed E-state index contributed by atoms with van der Waals surface area (Å²) in [6, 6.07) is 0. The molecule has 0 aliphatic heterocycles. The standard InChI is InChI=1S/C9H16N4O2S/c1-6(2)7-11-8(13-12-7)9(14)10-4-5-16(3)15/h6H,4-5H2,1-3H3,(H,10,14)(H,11,12,13). The van der Waals surface area contributed by atoms with Gasteiger partial charge in [0.2, 0.25) is 5.82 Å². The van der Waals surface area contributed by atoms with E-state index in [0.29, 0.717) is 18.1 Å². The van der Waals surface area contributed by atoms with Crippen molar-refractivity contribution in [3.63, 3.8) is 0 Å². The first-order chi connectivity index (χ1) is 7.50. The Morgan fingerprint density at radius 2 is 2.25 bits per heavy atom. The summed E-state index contributed by atoms with van der Waals surface area (Å²) in [6.45, 7) is 4.29. The number of rotatable bonds is 5. The minimum Gasteiger partial charge on any atom is -0.348 e. The molecule has 7 heteroatoms. The molecule has 0 aromatic carbocycles. The highest BCUT2D eigenvalue weighted by Crippen LogP contribution is 2.07. The molecule has 1 amide bonds. The lowest BCUT2D eigenvalue weighted by molar-refractivity contribution is 0.0946.